The highest BCUT2D eigenvalue weighted by atomic mass is 19.4. The number of nitriles is 1. The summed E-state index contributed by atoms with van der Waals surface area (Å²) in [7, 11) is 5.18. The van der Waals surface area contributed by atoms with Gasteiger partial charge in [0.05, 0.1) is 56.2 Å². The third kappa shape index (κ3) is 6.97. The molecule has 0 radical (unpaired) electrons. The third-order valence-corrected chi connectivity index (χ3v) is 7.64. The number of nitrogens with zero attached hydrogens (tertiary/aromatic N) is 5. The standard InChI is InChI=1S/C32H32F3N7O3/c1-20-27(29(43)45-4)28(41(31(38)44)30(37)40(20)25-10-7-8-23(17-25)32(33,34)35)26-12-11-21(18-36)16-22(26)13-15-42(2,3)19-24-9-5-6-14-39-24/h5-12,14,16-17,28,37H,13,15,19H2,1-4H3,(H-,38,44)/p+1/t28-/m1/s1. The van der Waals surface area contributed by atoms with Crippen molar-refractivity contribution in [3.8, 4) is 6.07 Å². The average Bonchev–Trinajstić information content (AvgIpc) is 2.99. The molecule has 0 bridgehead atoms. The molecule has 0 fully saturated rings. The number of rotatable bonds is 8. The van der Waals surface area contributed by atoms with Crippen LogP contribution in [-0.2, 0) is 28.7 Å². The van der Waals surface area contributed by atoms with Gasteiger partial charge in [0.2, 0.25) is 5.96 Å². The average molecular weight is 621 g/mol. The number of esters is 1. The van der Waals surface area contributed by atoms with Crippen LogP contribution in [0, 0.1) is 16.7 Å². The number of amides is 2. The topological polar surface area (TPSA) is 136 Å². The lowest BCUT2D eigenvalue weighted by molar-refractivity contribution is -0.903. The number of primary amides is 1. The molecule has 10 nitrogen and oxygen atoms in total. The first-order valence-electron chi connectivity index (χ1n) is 13.9. The number of carbonyl (C=O) groups excluding carboxylic acids is 2. The summed E-state index contributed by atoms with van der Waals surface area (Å²) in [4.78, 5) is 32.7. The van der Waals surface area contributed by atoms with Crippen LogP contribution in [0.25, 0.3) is 0 Å². The number of benzene rings is 2. The van der Waals surface area contributed by atoms with Crippen LogP contribution in [0.1, 0.15) is 40.9 Å². The Morgan fingerprint density at radius 3 is 2.47 bits per heavy atom. The van der Waals surface area contributed by atoms with Gasteiger partial charge in [-0.2, -0.15) is 18.4 Å². The maximum absolute atomic E-state index is 13.6. The smallest absolute Gasteiger partial charge is 0.416 e. The number of guanidine groups is 1. The van der Waals surface area contributed by atoms with Gasteiger partial charge >= 0.3 is 18.2 Å². The van der Waals surface area contributed by atoms with Gasteiger partial charge in [-0.15, -0.1) is 0 Å². The predicted molar refractivity (Wildman–Crippen MR) is 160 cm³/mol. The number of hydrogen-bond acceptors (Lipinski definition) is 6. The quantitative estimate of drug-likeness (QED) is 0.265. The van der Waals surface area contributed by atoms with Crippen LogP contribution in [-0.4, -0.2) is 60.1 Å². The molecule has 1 aliphatic rings. The molecule has 1 aliphatic heterocycles. The Morgan fingerprint density at radius 2 is 1.87 bits per heavy atom. The van der Waals surface area contributed by atoms with Crippen molar-refractivity contribution in [1.82, 2.24) is 9.88 Å². The molecule has 0 aliphatic carbocycles. The number of pyridine rings is 1. The Morgan fingerprint density at radius 1 is 1.13 bits per heavy atom. The molecule has 1 aromatic heterocycles. The lowest BCUT2D eigenvalue weighted by Crippen LogP contribution is -2.55. The molecule has 0 spiro atoms. The first-order valence-corrected chi connectivity index (χ1v) is 13.9. The lowest BCUT2D eigenvalue weighted by Gasteiger charge is -2.43. The minimum absolute atomic E-state index is 0.0789. The summed E-state index contributed by atoms with van der Waals surface area (Å²) < 4.78 is 46.4. The summed E-state index contributed by atoms with van der Waals surface area (Å²) in [6, 6.07) is 14.4. The van der Waals surface area contributed by atoms with E-state index in [0.29, 0.717) is 40.7 Å². The SMILES string of the molecule is COC(=O)C1=C(C)N(c2cccc(C(F)(F)F)c2)C(=N)N(C(N)=O)[C@@H]1c1ccc(C#N)cc1CC[N+](C)(C)Cc1ccccn1. The second-order valence-electron chi connectivity index (χ2n) is 11.2. The Bertz CT molecular complexity index is 1700. The summed E-state index contributed by atoms with van der Waals surface area (Å²) in [6.45, 7) is 2.63. The molecule has 0 saturated heterocycles. The number of methoxy groups -OCH3 is 1. The van der Waals surface area contributed by atoms with Gasteiger partial charge in [-0.25, -0.2) is 9.59 Å². The second-order valence-corrected chi connectivity index (χ2v) is 11.2. The molecule has 2 aromatic carbocycles. The zero-order chi connectivity index (χ0) is 33.1. The molecule has 45 heavy (non-hydrogen) atoms. The fourth-order valence-electron chi connectivity index (χ4n) is 5.46. The van der Waals surface area contributed by atoms with Crippen molar-refractivity contribution < 1.29 is 32.0 Å². The van der Waals surface area contributed by atoms with Crippen LogP contribution >= 0.6 is 0 Å². The Balaban J connectivity index is 1.86. The van der Waals surface area contributed by atoms with Gasteiger partial charge in [-0.05, 0) is 60.5 Å². The fraction of sp³-hybridized carbons (Fsp3) is 0.281. The normalized spacial score (nSPS) is 15.6. The number of ether oxygens (including phenoxy) is 1. The number of quaternary nitrogens is 1. The van der Waals surface area contributed by atoms with Gasteiger partial charge < -0.3 is 15.0 Å². The first kappa shape index (κ1) is 32.7. The monoisotopic (exact) mass is 620 g/mol. The van der Waals surface area contributed by atoms with Gasteiger partial charge in [-0.1, -0.05) is 18.2 Å². The molecule has 234 valence electrons. The number of anilines is 1. The number of nitrogens with one attached hydrogen (secondary N) is 1. The van der Waals surface area contributed by atoms with E-state index in [1.54, 1.807) is 18.3 Å². The maximum Gasteiger partial charge on any atom is 0.416 e. The van der Waals surface area contributed by atoms with Crippen LogP contribution in [0.15, 0.2) is 78.1 Å². The maximum atomic E-state index is 13.6. The van der Waals surface area contributed by atoms with Gasteiger partial charge in [0.15, 0.2) is 0 Å². The molecule has 0 unspecified atom stereocenters. The largest absolute Gasteiger partial charge is 0.466 e. The minimum Gasteiger partial charge on any atom is -0.466 e. The lowest BCUT2D eigenvalue weighted by atomic mass is 9.87. The molecule has 0 saturated carbocycles. The van der Waals surface area contributed by atoms with Crippen LogP contribution in [0.5, 0.6) is 0 Å². The van der Waals surface area contributed by atoms with Crippen molar-refractivity contribution in [2.75, 3.05) is 32.6 Å². The molecular formula is C32H33F3N7O3+. The molecule has 2 heterocycles. The summed E-state index contributed by atoms with van der Waals surface area (Å²) >= 11 is 0. The molecule has 4 rings (SSSR count). The van der Waals surface area contributed by atoms with Crippen molar-refractivity contribution in [2.24, 2.45) is 5.73 Å². The summed E-state index contributed by atoms with van der Waals surface area (Å²) in [6.07, 6.45) is -2.57. The molecule has 13 heteroatoms. The van der Waals surface area contributed by atoms with Crippen molar-refractivity contribution in [1.29, 1.82) is 10.7 Å². The number of nitrogens with two attached hydrogens (primary N) is 1. The van der Waals surface area contributed by atoms with E-state index in [0.717, 1.165) is 34.7 Å². The highest BCUT2D eigenvalue weighted by molar-refractivity contribution is 6.10. The van der Waals surface area contributed by atoms with Crippen molar-refractivity contribution in [2.45, 2.75) is 32.1 Å². The van der Waals surface area contributed by atoms with Gasteiger partial charge in [0, 0.05) is 24.0 Å². The van der Waals surface area contributed by atoms with E-state index in [1.165, 1.54) is 25.1 Å². The number of hydrogen-bond donors (Lipinski definition) is 2. The Hall–Kier alpha value is -5.22. The van der Waals surface area contributed by atoms with Gasteiger partial charge in [0.25, 0.3) is 0 Å². The van der Waals surface area contributed by atoms with Gasteiger partial charge in [0.1, 0.15) is 12.6 Å². The number of allylic oxidation sites excluding steroid dienone is 1. The Labute approximate surface area is 258 Å². The van der Waals surface area contributed by atoms with E-state index < -0.39 is 35.7 Å². The van der Waals surface area contributed by atoms with Crippen LogP contribution in [0.4, 0.5) is 23.7 Å². The zero-order valence-corrected chi connectivity index (χ0v) is 25.2. The van der Waals surface area contributed by atoms with E-state index in [9.17, 15) is 28.0 Å². The summed E-state index contributed by atoms with van der Waals surface area (Å²) in [5.74, 6) is -1.42. The van der Waals surface area contributed by atoms with Gasteiger partial charge in [-0.3, -0.25) is 20.2 Å². The van der Waals surface area contributed by atoms with E-state index >= 15 is 0 Å². The zero-order valence-electron chi connectivity index (χ0n) is 25.2. The van der Waals surface area contributed by atoms with E-state index in [2.05, 4.69) is 11.1 Å². The van der Waals surface area contributed by atoms with E-state index in [-0.39, 0.29) is 17.0 Å². The van der Waals surface area contributed by atoms with Crippen molar-refractivity contribution in [3.05, 3.63) is 106 Å². The van der Waals surface area contributed by atoms with E-state index in [4.69, 9.17) is 15.9 Å². The van der Waals surface area contributed by atoms with Crippen LogP contribution in [0.2, 0.25) is 0 Å². The molecule has 1 atom stereocenters. The molecule has 2 amide bonds. The number of halogens is 3. The number of aromatic nitrogens is 1. The third-order valence-electron chi connectivity index (χ3n) is 7.64. The first-order chi connectivity index (χ1) is 21.2. The second kappa shape index (κ2) is 12.8. The highest BCUT2D eigenvalue weighted by Gasteiger charge is 2.44. The number of carbonyl (C=O) groups is 2. The summed E-state index contributed by atoms with van der Waals surface area (Å²) in [5, 5.41) is 18.7. The van der Waals surface area contributed by atoms with Crippen molar-refractivity contribution in [3.63, 3.8) is 0 Å². The fourth-order valence-corrected chi connectivity index (χ4v) is 5.46. The van der Waals surface area contributed by atoms with E-state index in [1.807, 2.05) is 32.3 Å². The molecule has 3 N–H and O–H groups in total. The van der Waals surface area contributed by atoms with Crippen molar-refractivity contribution >= 4 is 23.6 Å². The summed E-state index contributed by atoms with van der Waals surface area (Å²) in [5.41, 5.74) is 6.97. The number of likely N-dealkylation sites (N-methyl/N-ethyl adjacent to an activating group) is 1. The predicted octanol–water partition coefficient (Wildman–Crippen LogP) is 5.11. The van der Waals surface area contributed by atoms with Crippen LogP contribution < -0.4 is 10.6 Å². The molecular weight excluding hydrogens is 587 g/mol. The minimum atomic E-state index is -4.68. The highest BCUT2D eigenvalue weighted by Crippen LogP contribution is 2.42. The Kier molecular flexibility index (Phi) is 9.29. The number of urea groups is 1. The molecule has 3 aromatic rings. The number of alkyl halides is 3. The van der Waals surface area contributed by atoms with Crippen LogP contribution in [0.3, 0.4) is 0 Å².